The topological polar surface area (TPSA) is 81.5 Å². The molecule has 0 aromatic heterocycles. The summed E-state index contributed by atoms with van der Waals surface area (Å²) in [5, 5.41) is 13.1. The van der Waals surface area contributed by atoms with Crippen molar-refractivity contribution in [3.8, 4) is 0 Å². The molecule has 1 aromatic carbocycles. The maximum atomic E-state index is 10.8. The molecule has 6 heteroatoms. The van der Waals surface area contributed by atoms with Crippen molar-refractivity contribution in [3.05, 3.63) is 39.4 Å². The predicted octanol–water partition coefficient (Wildman–Crippen LogP) is 1.68. The van der Waals surface area contributed by atoms with Crippen molar-refractivity contribution in [2.45, 2.75) is 13.0 Å². The number of carbonyl (C=O) groups excluding carboxylic acids is 1. The number of nitrogens with one attached hydrogen (secondary N) is 1. The molecule has 1 aliphatic rings. The van der Waals surface area contributed by atoms with Crippen LogP contribution in [0, 0.1) is 17.0 Å². The molecule has 1 atom stereocenters. The van der Waals surface area contributed by atoms with Crippen molar-refractivity contribution in [2.24, 2.45) is 0 Å². The molecule has 84 valence electrons. The number of nitro benzene ring substituents is 1. The third-order valence-corrected chi connectivity index (χ3v) is 2.47. The Morgan fingerprint density at radius 3 is 2.81 bits per heavy atom. The van der Waals surface area contributed by atoms with Crippen molar-refractivity contribution in [1.29, 1.82) is 0 Å². The van der Waals surface area contributed by atoms with Crippen LogP contribution in [0.3, 0.4) is 0 Å². The van der Waals surface area contributed by atoms with Crippen LogP contribution in [0.15, 0.2) is 18.2 Å². The normalized spacial score (nSPS) is 19.1. The first-order valence-electron chi connectivity index (χ1n) is 4.77. The van der Waals surface area contributed by atoms with Crippen LogP contribution in [0.2, 0.25) is 0 Å². The Balaban J connectivity index is 2.27. The van der Waals surface area contributed by atoms with E-state index in [2.05, 4.69) is 5.32 Å². The van der Waals surface area contributed by atoms with Gasteiger partial charge < -0.3 is 10.1 Å². The lowest BCUT2D eigenvalue weighted by Crippen LogP contribution is -2.12. The minimum Gasteiger partial charge on any atom is -0.439 e. The van der Waals surface area contributed by atoms with Gasteiger partial charge in [0.1, 0.15) is 6.10 Å². The quantitative estimate of drug-likeness (QED) is 0.609. The van der Waals surface area contributed by atoms with Gasteiger partial charge in [0.2, 0.25) is 0 Å². The number of cyclic esters (lactones) is 1. The first-order chi connectivity index (χ1) is 7.58. The maximum absolute atomic E-state index is 10.8. The van der Waals surface area contributed by atoms with Gasteiger partial charge in [0.25, 0.3) is 5.69 Å². The van der Waals surface area contributed by atoms with Gasteiger partial charge in [-0.1, -0.05) is 0 Å². The second kappa shape index (κ2) is 3.80. The van der Waals surface area contributed by atoms with Crippen LogP contribution in [0.25, 0.3) is 0 Å². The molecule has 0 saturated carbocycles. The molecule has 6 nitrogen and oxygen atoms in total. The van der Waals surface area contributed by atoms with Gasteiger partial charge in [0.15, 0.2) is 0 Å². The summed E-state index contributed by atoms with van der Waals surface area (Å²) in [6, 6.07) is 4.70. The van der Waals surface area contributed by atoms with Crippen LogP contribution < -0.4 is 5.32 Å². The van der Waals surface area contributed by atoms with Gasteiger partial charge in [-0.25, -0.2) is 4.79 Å². The van der Waals surface area contributed by atoms with Crippen LogP contribution in [0.1, 0.15) is 17.2 Å². The van der Waals surface area contributed by atoms with E-state index in [0.29, 0.717) is 12.1 Å². The SMILES string of the molecule is Cc1cc(C2CNC(=O)O2)ccc1[N+](=O)[O-]. The summed E-state index contributed by atoms with van der Waals surface area (Å²) in [6.45, 7) is 2.06. The Morgan fingerprint density at radius 1 is 1.56 bits per heavy atom. The van der Waals surface area contributed by atoms with Crippen molar-refractivity contribution >= 4 is 11.8 Å². The lowest BCUT2D eigenvalue weighted by atomic mass is 10.1. The van der Waals surface area contributed by atoms with Gasteiger partial charge in [-0.15, -0.1) is 0 Å². The number of amides is 1. The zero-order valence-electron chi connectivity index (χ0n) is 8.60. The van der Waals surface area contributed by atoms with E-state index >= 15 is 0 Å². The molecule has 2 rings (SSSR count). The lowest BCUT2D eigenvalue weighted by molar-refractivity contribution is -0.385. The molecule has 1 fully saturated rings. The summed E-state index contributed by atoms with van der Waals surface area (Å²) in [4.78, 5) is 21.0. The molecule has 0 radical (unpaired) electrons. The highest BCUT2D eigenvalue weighted by Gasteiger charge is 2.25. The molecule has 1 saturated heterocycles. The molecule has 16 heavy (non-hydrogen) atoms. The molecule has 1 heterocycles. The molecule has 1 N–H and O–H groups in total. The molecule has 1 unspecified atom stereocenters. The monoisotopic (exact) mass is 222 g/mol. The van der Waals surface area contributed by atoms with E-state index in [1.54, 1.807) is 19.1 Å². The number of ether oxygens (including phenoxy) is 1. The summed E-state index contributed by atoms with van der Waals surface area (Å²) in [5.41, 5.74) is 1.40. The van der Waals surface area contributed by atoms with E-state index in [9.17, 15) is 14.9 Å². The van der Waals surface area contributed by atoms with Crippen LogP contribution in [0.4, 0.5) is 10.5 Å². The molecular weight excluding hydrogens is 212 g/mol. The predicted molar refractivity (Wildman–Crippen MR) is 55.1 cm³/mol. The largest absolute Gasteiger partial charge is 0.439 e. The van der Waals surface area contributed by atoms with Gasteiger partial charge in [0, 0.05) is 11.6 Å². The Labute approximate surface area is 91.4 Å². The van der Waals surface area contributed by atoms with Crippen LogP contribution in [0.5, 0.6) is 0 Å². The van der Waals surface area contributed by atoms with Crippen molar-refractivity contribution in [1.82, 2.24) is 5.32 Å². The van der Waals surface area contributed by atoms with Crippen LogP contribution in [-0.2, 0) is 4.74 Å². The summed E-state index contributed by atoms with van der Waals surface area (Å²) < 4.78 is 4.98. The van der Waals surface area contributed by atoms with E-state index in [1.807, 2.05) is 0 Å². The van der Waals surface area contributed by atoms with Crippen molar-refractivity contribution < 1.29 is 14.5 Å². The van der Waals surface area contributed by atoms with E-state index < -0.39 is 11.0 Å². The molecule has 1 amide bonds. The summed E-state index contributed by atoms with van der Waals surface area (Å²) >= 11 is 0. The highest BCUT2D eigenvalue weighted by atomic mass is 16.6. The Bertz CT molecular complexity index is 458. The van der Waals surface area contributed by atoms with Gasteiger partial charge in [-0.2, -0.15) is 0 Å². The van der Waals surface area contributed by atoms with Crippen molar-refractivity contribution in [3.63, 3.8) is 0 Å². The number of alkyl carbamates (subject to hydrolysis) is 1. The fraction of sp³-hybridized carbons (Fsp3) is 0.300. The Morgan fingerprint density at radius 2 is 2.31 bits per heavy atom. The lowest BCUT2D eigenvalue weighted by Gasteiger charge is -2.08. The van der Waals surface area contributed by atoms with E-state index in [0.717, 1.165) is 5.56 Å². The van der Waals surface area contributed by atoms with Crippen LogP contribution in [-0.4, -0.2) is 17.6 Å². The first kappa shape index (κ1) is 10.4. The second-order valence-electron chi connectivity index (χ2n) is 3.58. The van der Waals surface area contributed by atoms with Gasteiger partial charge in [-0.05, 0) is 24.6 Å². The smallest absolute Gasteiger partial charge is 0.407 e. The first-order valence-corrected chi connectivity index (χ1v) is 4.77. The number of rotatable bonds is 2. The maximum Gasteiger partial charge on any atom is 0.407 e. The average molecular weight is 222 g/mol. The third-order valence-electron chi connectivity index (χ3n) is 2.47. The number of hydrogen-bond donors (Lipinski definition) is 1. The molecule has 1 aromatic rings. The zero-order valence-corrected chi connectivity index (χ0v) is 8.60. The summed E-state index contributed by atoms with van der Waals surface area (Å²) in [6.07, 6.45) is -0.812. The minimum absolute atomic E-state index is 0.0704. The Kier molecular flexibility index (Phi) is 2.47. The summed E-state index contributed by atoms with van der Waals surface area (Å²) in [7, 11) is 0. The fourth-order valence-electron chi connectivity index (χ4n) is 1.66. The summed E-state index contributed by atoms with van der Waals surface area (Å²) in [5.74, 6) is 0. The number of hydrogen-bond acceptors (Lipinski definition) is 4. The minimum atomic E-state index is -0.457. The zero-order chi connectivity index (χ0) is 11.7. The number of carbonyl (C=O) groups is 1. The highest BCUT2D eigenvalue weighted by molar-refractivity contribution is 5.69. The fourth-order valence-corrected chi connectivity index (χ4v) is 1.66. The third kappa shape index (κ3) is 1.81. The molecule has 0 spiro atoms. The number of nitrogens with zero attached hydrogens (tertiary/aromatic N) is 1. The van der Waals surface area contributed by atoms with Gasteiger partial charge >= 0.3 is 6.09 Å². The van der Waals surface area contributed by atoms with Gasteiger partial charge in [0.05, 0.1) is 11.5 Å². The van der Waals surface area contributed by atoms with Crippen molar-refractivity contribution in [2.75, 3.05) is 6.54 Å². The molecular formula is C10H10N2O4. The number of nitro groups is 1. The average Bonchev–Trinajstić information content (AvgIpc) is 2.64. The second-order valence-corrected chi connectivity index (χ2v) is 3.58. The Hall–Kier alpha value is -2.11. The van der Waals surface area contributed by atoms with E-state index in [4.69, 9.17) is 4.74 Å². The van der Waals surface area contributed by atoms with Crippen LogP contribution >= 0.6 is 0 Å². The molecule has 0 aliphatic carbocycles. The molecule has 0 bridgehead atoms. The standard InChI is InChI=1S/C10H10N2O4/c1-6-4-7(2-3-8(6)12(14)15)9-5-11-10(13)16-9/h2-4,9H,5H2,1H3,(H,11,13). The number of aryl methyl sites for hydroxylation is 1. The van der Waals surface area contributed by atoms with E-state index in [1.165, 1.54) is 6.07 Å². The molecule has 1 aliphatic heterocycles. The van der Waals surface area contributed by atoms with Gasteiger partial charge in [-0.3, -0.25) is 10.1 Å². The highest BCUT2D eigenvalue weighted by Crippen LogP contribution is 2.26. The number of benzene rings is 1. The van der Waals surface area contributed by atoms with E-state index in [-0.39, 0.29) is 11.8 Å².